The van der Waals surface area contributed by atoms with E-state index in [9.17, 15) is 4.79 Å². The summed E-state index contributed by atoms with van der Waals surface area (Å²) in [5, 5.41) is 11.9. The first-order valence-corrected chi connectivity index (χ1v) is 9.70. The van der Waals surface area contributed by atoms with Crippen LogP contribution >= 0.6 is 0 Å². The summed E-state index contributed by atoms with van der Waals surface area (Å²) in [6, 6.07) is 0.304. The van der Waals surface area contributed by atoms with E-state index in [0.29, 0.717) is 24.5 Å². The van der Waals surface area contributed by atoms with Gasteiger partial charge in [0.15, 0.2) is 0 Å². The van der Waals surface area contributed by atoms with Gasteiger partial charge in [0.25, 0.3) is 0 Å². The van der Waals surface area contributed by atoms with E-state index >= 15 is 0 Å². The van der Waals surface area contributed by atoms with E-state index < -0.39 is 0 Å². The van der Waals surface area contributed by atoms with Crippen LogP contribution in [0.2, 0.25) is 0 Å². The van der Waals surface area contributed by atoms with Crippen LogP contribution in [-0.4, -0.2) is 65.0 Å². The number of hydrogen-bond acceptors (Lipinski definition) is 6. The number of likely N-dealkylation sites (tertiary alicyclic amines) is 1. The van der Waals surface area contributed by atoms with Gasteiger partial charge in [-0.1, -0.05) is 0 Å². The zero-order valence-corrected chi connectivity index (χ0v) is 16.0. The zero-order chi connectivity index (χ0) is 18.5. The summed E-state index contributed by atoms with van der Waals surface area (Å²) >= 11 is 0. The number of ether oxygens (including phenoxy) is 1. The molecule has 2 aliphatic rings. The highest BCUT2D eigenvalue weighted by molar-refractivity contribution is 5.72. The van der Waals surface area contributed by atoms with Crippen LogP contribution in [0.4, 0.5) is 0 Å². The number of nitrogens with two attached hydrogens (primary N) is 1. The van der Waals surface area contributed by atoms with Crippen molar-refractivity contribution in [2.75, 3.05) is 33.4 Å². The number of carbonyl (C=O) groups excluding carboxylic acids is 1. The monoisotopic (exact) mass is 364 g/mol. The molecule has 1 aliphatic heterocycles. The third-order valence-corrected chi connectivity index (χ3v) is 5.63. The fraction of sp³-hybridized carbons (Fsp3) is 0.833. The molecule has 146 valence electrons. The lowest BCUT2D eigenvalue weighted by atomic mass is 9.80. The summed E-state index contributed by atoms with van der Waals surface area (Å²) in [6.07, 6.45) is 4.22. The molecule has 2 heterocycles. The molecule has 1 amide bonds. The molecule has 8 nitrogen and oxygen atoms in total. The molecule has 1 aromatic rings. The predicted molar refractivity (Wildman–Crippen MR) is 98.5 cm³/mol. The van der Waals surface area contributed by atoms with E-state index in [-0.39, 0.29) is 5.91 Å². The summed E-state index contributed by atoms with van der Waals surface area (Å²) < 4.78 is 7.52. The van der Waals surface area contributed by atoms with Crippen LogP contribution in [0.1, 0.15) is 50.2 Å². The van der Waals surface area contributed by atoms with Crippen molar-refractivity contribution in [1.82, 2.24) is 25.0 Å². The molecule has 1 aromatic heterocycles. The lowest BCUT2D eigenvalue weighted by Gasteiger charge is -2.33. The van der Waals surface area contributed by atoms with Crippen LogP contribution in [0, 0.1) is 5.92 Å². The van der Waals surface area contributed by atoms with E-state index in [2.05, 4.69) is 25.0 Å². The lowest BCUT2D eigenvalue weighted by molar-refractivity contribution is -0.119. The van der Waals surface area contributed by atoms with Gasteiger partial charge in [0.05, 0.1) is 13.2 Å². The molecule has 3 rings (SSSR count). The van der Waals surface area contributed by atoms with Crippen molar-refractivity contribution in [2.24, 2.45) is 11.7 Å². The van der Waals surface area contributed by atoms with Crippen molar-refractivity contribution < 1.29 is 9.53 Å². The van der Waals surface area contributed by atoms with Crippen molar-refractivity contribution in [3.05, 3.63) is 11.6 Å². The second-order valence-corrected chi connectivity index (χ2v) is 7.70. The van der Waals surface area contributed by atoms with Crippen LogP contribution < -0.4 is 11.1 Å². The topological polar surface area (TPSA) is 98.3 Å². The van der Waals surface area contributed by atoms with E-state index in [4.69, 9.17) is 10.5 Å². The van der Waals surface area contributed by atoms with Crippen molar-refractivity contribution in [1.29, 1.82) is 0 Å². The minimum Gasteiger partial charge on any atom is -0.383 e. The van der Waals surface area contributed by atoms with E-state index in [0.717, 1.165) is 70.1 Å². The summed E-state index contributed by atoms with van der Waals surface area (Å²) in [5.74, 6) is 3.17. The molecule has 2 fully saturated rings. The minimum absolute atomic E-state index is 0.0573. The zero-order valence-electron chi connectivity index (χ0n) is 16.0. The Morgan fingerprint density at radius 3 is 2.65 bits per heavy atom. The summed E-state index contributed by atoms with van der Waals surface area (Å²) in [4.78, 5) is 13.5. The number of nitrogens with one attached hydrogen (secondary N) is 1. The van der Waals surface area contributed by atoms with Gasteiger partial charge in [-0.2, -0.15) is 0 Å². The molecule has 0 bridgehead atoms. The molecule has 0 aromatic carbocycles. The fourth-order valence-electron chi connectivity index (χ4n) is 3.90. The molecular formula is C18H32N6O2. The first-order valence-electron chi connectivity index (χ1n) is 9.70. The van der Waals surface area contributed by atoms with Crippen LogP contribution in [-0.2, 0) is 22.6 Å². The molecule has 3 N–H and O–H groups in total. The summed E-state index contributed by atoms with van der Waals surface area (Å²) in [7, 11) is 1.73. The Morgan fingerprint density at radius 2 is 2.04 bits per heavy atom. The van der Waals surface area contributed by atoms with Gasteiger partial charge in [0.1, 0.15) is 11.6 Å². The molecule has 0 unspecified atom stereocenters. The minimum atomic E-state index is 0.0573. The quantitative estimate of drug-likeness (QED) is 0.696. The van der Waals surface area contributed by atoms with Gasteiger partial charge >= 0.3 is 0 Å². The van der Waals surface area contributed by atoms with Gasteiger partial charge in [-0.3, -0.25) is 9.69 Å². The molecule has 1 saturated carbocycles. The van der Waals surface area contributed by atoms with Crippen LogP contribution in [0.15, 0.2) is 0 Å². The van der Waals surface area contributed by atoms with E-state index in [1.54, 1.807) is 14.0 Å². The van der Waals surface area contributed by atoms with Gasteiger partial charge in [-0.25, -0.2) is 0 Å². The standard InChI is InChI=1S/C18H32N6O2/c1-13(25)20-11-14-3-5-23(6-4-14)12-17-21-22-18(15-9-16(19)10-15)24(17)7-8-26-2/h14-16H,3-12,19H2,1-2H3,(H,20,25). The highest BCUT2D eigenvalue weighted by Crippen LogP contribution is 2.35. The Labute approximate surface area is 155 Å². The SMILES string of the molecule is COCCn1c(CN2CCC(CNC(C)=O)CC2)nnc1C1CC(N)C1. The first-order chi connectivity index (χ1) is 12.6. The number of hydrogen-bond donors (Lipinski definition) is 2. The van der Waals surface area contributed by atoms with Crippen molar-refractivity contribution in [3.63, 3.8) is 0 Å². The molecule has 0 spiro atoms. The molecule has 1 saturated heterocycles. The number of amides is 1. The average Bonchev–Trinajstić information content (AvgIpc) is 2.98. The predicted octanol–water partition coefficient (Wildman–Crippen LogP) is 0.477. The van der Waals surface area contributed by atoms with E-state index in [1.807, 2.05) is 0 Å². The normalized spacial score (nSPS) is 24.4. The fourth-order valence-corrected chi connectivity index (χ4v) is 3.90. The van der Waals surface area contributed by atoms with Crippen LogP contribution in [0.5, 0.6) is 0 Å². The largest absolute Gasteiger partial charge is 0.383 e. The van der Waals surface area contributed by atoms with Crippen molar-refractivity contribution >= 4 is 5.91 Å². The van der Waals surface area contributed by atoms with Gasteiger partial charge in [-0.15, -0.1) is 10.2 Å². The smallest absolute Gasteiger partial charge is 0.216 e. The first kappa shape index (κ1) is 19.3. The summed E-state index contributed by atoms with van der Waals surface area (Å²) in [6.45, 7) is 6.71. The lowest BCUT2D eigenvalue weighted by Crippen LogP contribution is -2.38. The van der Waals surface area contributed by atoms with Crippen LogP contribution in [0.25, 0.3) is 0 Å². The van der Waals surface area contributed by atoms with Gasteiger partial charge in [-0.05, 0) is 44.7 Å². The average molecular weight is 364 g/mol. The maximum absolute atomic E-state index is 11.1. The summed E-state index contributed by atoms with van der Waals surface area (Å²) in [5.41, 5.74) is 5.95. The Bertz CT molecular complexity index is 591. The Hall–Kier alpha value is -1.51. The number of aromatic nitrogens is 3. The maximum atomic E-state index is 11.1. The van der Waals surface area contributed by atoms with Crippen molar-refractivity contribution in [3.8, 4) is 0 Å². The Kier molecular flexibility index (Phi) is 6.61. The number of rotatable bonds is 8. The second kappa shape index (κ2) is 8.92. The number of piperidine rings is 1. The third kappa shape index (κ3) is 4.81. The highest BCUT2D eigenvalue weighted by atomic mass is 16.5. The number of nitrogens with zero attached hydrogens (tertiary/aromatic N) is 4. The van der Waals surface area contributed by atoms with Crippen molar-refractivity contribution in [2.45, 2.75) is 57.7 Å². The third-order valence-electron chi connectivity index (χ3n) is 5.63. The van der Waals surface area contributed by atoms with Gasteiger partial charge < -0.3 is 20.4 Å². The van der Waals surface area contributed by atoms with Crippen LogP contribution in [0.3, 0.4) is 0 Å². The molecular weight excluding hydrogens is 332 g/mol. The Morgan fingerprint density at radius 1 is 1.31 bits per heavy atom. The van der Waals surface area contributed by atoms with Gasteiger partial charge in [0.2, 0.25) is 5.91 Å². The molecule has 0 atom stereocenters. The molecule has 8 heteroatoms. The Balaban J connectivity index is 1.56. The highest BCUT2D eigenvalue weighted by Gasteiger charge is 2.32. The van der Waals surface area contributed by atoms with E-state index in [1.165, 1.54) is 0 Å². The number of carbonyl (C=O) groups is 1. The molecule has 0 radical (unpaired) electrons. The second-order valence-electron chi connectivity index (χ2n) is 7.70. The maximum Gasteiger partial charge on any atom is 0.216 e. The van der Waals surface area contributed by atoms with Gasteiger partial charge in [0, 0.05) is 39.1 Å². The molecule has 26 heavy (non-hydrogen) atoms. The number of methoxy groups -OCH3 is 1. The molecule has 1 aliphatic carbocycles.